The van der Waals surface area contributed by atoms with E-state index in [1.54, 1.807) is 23.4 Å². The number of aromatic amines is 1. The van der Waals surface area contributed by atoms with Gasteiger partial charge in [-0.05, 0) is 11.6 Å². The molecule has 1 aliphatic rings. The first-order valence-corrected chi connectivity index (χ1v) is 10.7. The standard InChI is InChI=1S/C21H22N6O2S/c28-18-13-17(24-21(25-18)30-15-16-5-2-1-3-6-16)14-19(29)26-9-11-27(12-10-26)20-22-7-4-8-23-20/h1-8,13H,9-12,14-15H2,(H,24,25,28). The summed E-state index contributed by atoms with van der Waals surface area (Å²) in [6, 6.07) is 13.2. The van der Waals surface area contributed by atoms with Gasteiger partial charge in [-0.15, -0.1) is 0 Å². The van der Waals surface area contributed by atoms with E-state index in [1.165, 1.54) is 17.8 Å². The lowest BCUT2D eigenvalue weighted by Gasteiger charge is -2.34. The summed E-state index contributed by atoms with van der Waals surface area (Å²) in [6.07, 6.45) is 3.54. The van der Waals surface area contributed by atoms with Gasteiger partial charge in [-0.3, -0.25) is 9.59 Å². The molecule has 154 valence electrons. The number of aromatic nitrogens is 4. The Morgan fingerprint density at radius 3 is 2.50 bits per heavy atom. The van der Waals surface area contributed by atoms with Crippen molar-refractivity contribution in [2.45, 2.75) is 17.3 Å². The number of rotatable bonds is 6. The summed E-state index contributed by atoms with van der Waals surface area (Å²) in [4.78, 5) is 44.4. The van der Waals surface area contributed by atoms with Crippen molar-refractivity contribution < 1.29 is 4.79 Å². The molecular weight excluding hydrogens is 400 g/mol. The molecule has 8 nitrogen and oxygen atoms in total. The number of hydrogen-bond acceptors (Lipinski definition) is 7. The van der Waals surface area contributed by atoms with Gasteiger partial charge in [0.2, 0.25) is 11.9 Å². The summed E-state index contributed by atoms with van der Waals surface area (Å²) < 4.78 is 0. The molecule has 1 aromatic carbocycles. The van der Waals surface area contributed by atoms with Crippen LogP contribution in [0.3, 0.4) is 0 Å². The maximum Gasteiger partial charge on any atom is 0.251 e. The topological polar surface area (TPSA) is 95.1 Å². The van der Waals surface area contributed by atoms with Crippen LogP contribution in [0.4, 0.5) is 5.95 Å². The van der Waals surface area contributed by atoms with E-state index in [0.29, 0.717) is 48.7 Å². The van der Waals surface area contributed by atoms with Crippen LogP contribution in [0.2, 0.25) is 0 Å². The monoisotopic (exact) mass is 422 g/mol. The van der Waals surface area contributed by atoms with Crippen LogP contribution < -0.4 is 10.5 Å². The van der Waals surface area contributed by atoms with Gasteiger partial charge in [-0.2, -0.15) is 0 Å². The zero-order valence-corrected chi connectivity index (χ0v) is 17.2. The highest BCUT2D eigenvalue weighted by atomic mass is 32.2. The number of H-pyrrole nitrogens is 1. The molecular formula is C21H22N6O2S. The number of hydrogen-bond donors (Lipinski definition) is 1. The fraction of sp³-hybridized carbons (Fsp3) is 0.286. The van der Waals surface area contributed by atoms with Gasteiger partial charge in [0, 0.05) is 50.4 Å². The number of piperazine rings is 1. The Hall–Kier alpha value is -3.20. The molecule has 0 spiro atoms. The highest BCUT2D eigenvalue weighted by Gasteiger charge is 2.23. The van der Waals surface area contributed by atoms with Crippen LogP contribution >= 0.6 is 11.8 Å². The Bertz CT molecular complexity index is 1040. The Kier molecular flexibility index (Phi) is 6.38. The zero-order valence-electron chi connectivity index (χ0n) is 16.4. The van der Waals surface area contributed by atoms with Gasteiger partial charge in [-0.25, -0.2) is 15.0 Å². The van der Waals surface area contributed by atoms with Crippen molar-refractivity contribution in [3.63, 3.8) is 0 Å². The van der Waals surface area contributed by atoms with Crippen molar-refractivity contribution in [2.75, 3.05) is 31.1 Å². The molecule has 0 aliphatic carbocycles. The molecule has 1 amide bonds. The summed E-state index contributed by atoms with van der Waals surface area (Å²) in [5.41, 5.74) is 1.40. The number of benzene rings is 1. The SMILES string of the molecule is O=C(Cc1cc(=O)[nH]c(SCc2ccccc2)n1)N1CCN(c2ncccn2)CC1. The van der Waals surface area contributed by atoms with E-state index in [9.17, 15) is 9.59 Å². The molecule has 1 N–H and O–H groups in total. The van der Waals surface area contributed by atoms with Crippen LogP contribution in [0, 0.1) is 0 Å². The molecule has 0 atom stereocenters. The minimum absolute atomic E-state index is 0.0271. The van der Waals surface area contributed by atoms with Crippen molar-refractivity contribution in [3.8, 4) is 0 Å². The Labute approximate surface area is 178 Å². The smallest absolute Gasteiger partial charge is 0.251 e. The van der Waals surface area contributed by atoms with Crippen LogP contribution in [0.25, 0.3) is 0 Å². The molecule has 0 saturated carbocycles. The highest BCUT2D eigenvalue weighted by molar-refractivity contribution is 7.98. The molecule has 1 fully saturated rings. The quantitative estimate of drug-likeness (QED) is 0.478. The summed E-state index contributed by atoms with van der Waals surface area (Å²) in [6.45, 7) is 2.54. The van der Waals surface area contributed by atoms with E-state index in [4.69, 9.17) is 0 Å². The molecule has 0 bridgehead atoms. The lowest BCUT2D eigenvalue weighted by Crippen LogP contribution is -2.49. The Morgan fingerprint density at radius 2 is 1.77 bits per heavy atom. The van der Waals surface area contributed by atoms with Crippen LogP contribution in [0.1, 0.15) is 11.3 Å². The summed E-state index contributed by atoms with van der Waals surface area (Å²) in [7, 11) is 0. The van der Waals surface area contributed by atoms with Gasteiger partial charge in [0.15, 0.2) is 5.16 Å². The van der Waals surface area contributed by atoms with Crippen LogP contribution in [-0.2, 0) is 17.0 Å². The number of nitrogens with one attached hydrogen (secondary N) is 1. The predicted octanol–water partition coefficient (Wildman–Crippen LogP) is 1.74. The zero-order chi connectivity index (χ0) is 20.8. The van der Waals surface area contributed by atoms with E-state index in [2.05, 4.69) is 24.8 Å². The number of amides is 1. The van der Waals surface area contributed by atoms with Gasteiger partial charge in [0.05, 0.1) is 12.1 Å². The van der Waals surface area contributed by atoms with E-state index in [-0.39, 0.29) is 17.9 Å². The third kappa shape index (κ3) is 5.24. The molecule has 0 unspecified atom stereocenters. The lowest BCUT2D eigenvalue weighted by molar-refractivity contribution is -0.130. The lowest BCUT2D eigenvalue weighted by atomic mass is 10.2. The molecule has 1 saturated heterocycles. The molecule has 9 heteroatoms. The van der Waals surface area contributed by atoms with E-state index >= 15 is 0 Å². The van der Waals surface area contributed by atoms with E-state index in [0.717, 1.165) is 5.56 Å². The molecule has 3 aromatic rings. The third-order valence-electron chi connectivity index (χ3n) is 4.79. The van der Waals surface area contributed by atoms with Crippen molar-refractivity contribution in [3.05, 3.63) is 76.5 Å². The predicted molar refractivity (Wildman–Crippen MR) is 115 cm³/mol. The van der Waals surface area contributed by atoms with Crippen LogP contribution in [0.5, 0.6) is 0 Å². The van der Waals surface area contributed by atoms with E-state index < -0.39 is 0 Å². The van der Waals surface area contributed by atoms with Gasteiger partial charge in [0.25, 0.3) is 5.56 Å². The highest BCUT2D eigenvalue weighted by Crippen LogP contribution is 2.18. The number of anilines is 1. The Balaban J connectivity index is 1.34. The fourth-order valence-electron chi connectivity index (χ4n) is 3.25. The Morgan fingerprint density at radius 1 is 1.03 bits per heavy atom. The minimum atomic E-state index is -0.241. The second-order valence-corrected chi connectivity index (χ2v) is 7.87. The van der Waals surface area contributed by atoms with Crippen molar-refractivity contribution >= 4 is 23.6 Å². The van der Waals surface area contributed by atoms with Gasteiger partial charge in [-0.1, -0.05) is 42.1 Å². The summed E-state index contributed by atoms with van der Waals surface area (Å²) in [5, 5.41) is 0.528. The average Bonchev–Trinajstić information content (AvgIpc) is 2.79. The normalized spacial score (nSPS) is 14.0. The summed E-state index contributed by atoms with van der Waals surface area (Å²) in [5.74, 6) is 1.35. The van der Waals surface area contributed by atoms with E-state index in [1.807, 2.05) is 30.3 Å². The molecule has 4 rings (SSSR count). The summed E-state index contributed by atoms with van der Waals surface area (Å²) >= 11 is 1.45. The molecule has 1 aliphatic heterocycles. The number of carbonyl (C=O) groups is 1. The minimum Gasteiger partial charge on any atom is -0.339 e. The molecule has 3 heterocycles. The fourth-order valence-corrected chi connectivity index (χ4v) is 4.10. The largest absolute Gasteiger partial charge is 0.339 e. The van der Waals surface area contributed by atoms with Crippen molar-refractivity contribution in [1.82, 2.24) is 24.8 Å². The number of thioether (sulfide) groups is 1. The first-order valence-electron chi connectivity index (χ1n) is 9.74. The van der Waals surface area contributed by atoms with Gasteiger partial charge in [0.1, 0.15) is 0 Å². The maximum atomic E-state index is 12.7. The van der Waals surface area contributed by atoms with Crippen LogP contribution in [0.15, 0.2) is 64.8 Å². The van der Waals surface area contributed by atoms with Crippen LogP contribution in [-0.4, -0.2) is 56.9 Å². The van der Waals surface area contributed by atoms with Gasteiger partial charge >= 0.3 is 0 Å². The van der Waals surface area contributed by atoms with Crippen molar-refractivity contribution in [2.24, 2.45) is 0 Å². The number of nitrogens with zero attached hydrogens (tertiary/aromatic N) is 5. The third-order valence-corrected chi connectivity index (χ3v) is 5.74. The van der Waals surface area contributed by atoms with Crippen molar-refractivity contribution in [1.29, 1.82) is 0 Å². The molecule has 30 heavy (non-hydrogen) atoms. The van der Waals surface area contributed by atoms with Gasteiger partial charge < -0.3 is 14.8 Å². The second kappa shape index (κ2) is 9.53. The number of carbonyl (C=O) groups excluding carboxylic acids is 1. The average molecular weight is 423 g/mol. The maximum absolute atomic E-state index is 12.7. The first-order chi connectivity index (χ1) is 14.7. The second-order valence-electron chi connectivity index (χ2n) is 6.91. The molecule has 0 radical (unpaired) electrons. The first kappa shape index (κ1) is 20.1. The molecule has 2 aromatic heterocycles.